The van der Waals surface area contributed by atoms with Crippen LogP contribution in [0.1, 0.15) is 25.8 Å². The maximum Gasteiger partial charge on any atom is 0.267 e. The number of nitrogens with zero attached hydrogens (tertiary/aromatic N) is 2. The summed E-state index contributed by atoms with van der Waals surface area (Å²) < 4.78 is 5.57. The van der Waals surface area contributed by atoms with E-state index in [1.807, 2.05) is 19.9 Å². The molecule has 2 aliphatic heterocycles. The van der Waals surface area contributed by atoms with Gasteiger partial charge in [-0.25, -0.2) is 0 Å². The molecule has 1 N–H and O–H groups in total. The Kier molecular flexibility index (Phi) is 6.53. The van der Waals surface area contributed by atoms with Gasteiger partial charge in [0.25, 0.3) is 11.8 Å². The second kappa shape index (κ2) is 9.36. The number of anilines is 2. The largest absolute Gasteiger partial charge is 0.497 e. The first-order valence-corrected chi connectivity index (χ1v) is 11.7. The lowest BCUT2D eigenvalue weighted by atomic mass is 10.1. The molecule has 0 radical (unpaired) electrons. The number of nitrogens with one attached hydrogen (secondary N) is 1. The molecular weight excluding hydrogens is 458 g/mol. The van der Waals surface area contributed by atoms with Gasteiger partial charge in [-0.15, -0.1) is 0 Å². The van der Waals surface area contributed by atoms with E-state index in [-0.39, 0.29) is 30.3 Å². The van der Waals surface area contributed by atoms with Gasteiger partial charge in [-0.3, -0.25) is 24.2 Å². The first-order valence-electron chi connectivity index (χ1n) is 10.5. The zero-order valence-electron chi connectivity index (χ0n) is 18.5. The van der Waals surface area contributed by atoms with Crippen molar-refractivity contribution in [2.45, 2.75) is 26.3 Å². The maximum absolute atomic E-state index is 13.5. The molecule has 1 fully saturated rings. The van der Waals surface area contributed by atoms with Gasteiger partial charge in [-0.05, 0) is 43.7 Å². The van der Waals surface area contributed by atoms with E-state index in [1.165, 1.54) is 4.90 Å². The van der Waals surface area contributed by atoms with Gasteiger partial charge in [-0.1, -0.05) is 49.1 Å². The third-order valence-corrected chi connectivity index (χ3v) is 7.06. The first-order chi connectivity index (χ1) is 15.8. The number of ether oxygens (including phenoxy) is 1. The normalized spacial score (nSPS) is 18.6. The number of para-hydroxylation sites is 1. The third-order valence-electron chi connectivity index (χ3n) is 5.66. The summed E-state index contributed by atoms with van der Waals surface area (Å²) in [6.45, 7) is 3.73. The Balaban J connectivity index is 1.62. The fraction of sp³-hybridized carbons (Fsp3) is 0.250. The first kappa shape index (κ1) is 23.0. The minimum Gasteiger partial charge on any atom is -0.497 e. The van der Waals surface area contributed by atoms with Gasteiger partial charge in [0.1, 0.15) is 16.6 Å². The van der Waals surface area contributed by atoms with Crippen molar-refractivity contribution in [3.63, 3.8) is 0 Å². The average Bonchev–Trinajstić information content (AvgIpc) is 3.25. The van der Waals surface area contributed by atoms with Crippen molar-refractivity contribution in [2.24, 2.45) is 0 Å². The molecule has 0 unspecified atom stereocenters. The Bertz CT molecular complexity index is 1180. The number of hydrogen-bond donors (Lipinski definition) is 1. The van der Waals surface area contributed by atoms with Crippen molar-refractivity contribution in [1.29, 1.82) is 0 Å². The molecule has 33 heavy (non-hydrogen) atoms. The topological polar surface area (TPSA) is 79.0 Å². The van der Waals surface area contributed by atoms with E-state index in [2.05, 4.69) is 5.32 Å². The summed E-state index contributed by atoms with van der Waals surface area (Å²) in [7, 11) is 1.57. The highest BCUT2D eigenvalue weighted by atomic mass is 32.2. The highest BCUT2D eigenvalue weighted by Gasteiger charge is 2.43. The van der Waals surface area contributed by atoms with Crippen LogP contribution in [-0.4, -0.2) is 46.6 Å². The van der Waals surface area contributed by atoms with Gasteiger partial charge >= 0.3 is 0 Å². The standard InChI is InChI=1S/C24H23N3O4S2/c1-4-14(2)27-23(30)21(33-24(27)32)20-17-7-5-6-8-18(17)26(22(20)29)13-19(28)25-15-9-11-16(31-3)12-10-15/h5-12,14H,4,13H2,1-3H3,(H,25,28)/b21-20-/t14-/m1/s1. The lowest BCUT2D eigenvalue weighted by molar-refractivity contribution is -0.123. The minimum absolute atomic E-state index is 0.0614. The Morgan fingerprint density at radius 2 is 1.82 bits per heavy atom. The zero-order valence-corrected chi connectivity index (χ0v) is 20.1. The molecule has 1 atom stereocenters. The fourth-order valence-corrected chi connectivity index (χ4v) is 5.30. The van der Waals surface area contributed by atoms with E-state index in [1.54, 1.807) is 54.5 Å². The Labute approximate surface area is 201 Å². The van der Waals surface area contributed by atoms with Gasteiger partial charge in [0.2, 0.25) is 5.91 Å². The molecule has 0 saturated carbocycles. The van der Waals surface area contributed by atoms with E-state index in [9.17, 15) is 14.4 Å². The summed E-state index contributed by atoms with van der Waals surface area (Å²) >= 11 is 6.58. The smallest absolute Gasteiger partial charge is 0.267 e. The molecule has 9 heteroatoms. The van der Waals surface area contributed by atoms with E-state index in [0.29, 0.717) is 37.5 Å². The predicted octanol–water partition coefficient (Wildman–Crippen LogP) is 4.05. The summed E-state index contributed by atoms with van der Waals surface area (Å²) in [5.41, 5.74) is 2.11. The zero-order chi connectivity index (χ0) is 23.7. The van der Waals surface area contributed by atoms with Crippen molar-refractivity contribution in [1.82, 2.24) is 4.90 Å². The van der Waals surface area contributed by atoms with Crippen LogP contribution in [0.4, 0.5) is 11.4 Å². The van der Waals surface area contributed by atoms with E-state index in [0.717, 1.165) is 18.2 Å². The number of thiocarbonyl (C=S) groups is 1. The molecule has 2 aromatic carbocycles. The maximum atomic E-state index is 13.5. The summed E-state index contributed by atoms with van der Waals surface area (Å²) in [5, 5.41) is 2.80. The molecule has 4 rings (SSSR count). The lowest BCUT2D eigenvalue weighted by Crippen LogP contribution is -2.37. The quantitative estimate of drug-likeness (QED) is 0.495. The van der Waals surface area contributed by atoms with Gasteiger partial charge in [0, 0.05) is 17.3 Å². The van der Waals surface area contributed by atoms with Crippen molar-refractivity contribution in [3.05, 3.63) is 59.0 Å². The molecule has 1 saturated heterocycles. The van der Waals surface area contributed by atoms with Crippen LogP contribution in [0.3, 0.4) is 0 Å². The number of carbonyl (C=O) groups excluding carboxylic acids is 3. The number of carbonyl (C=O) groups is 3. The van der Waals surface area contributed by atoms with Crippen LogP contribution in [-0.2, 0) is 14.4 Å². The monoisotopic (exact) mass is 481 g/mol. The number of benzene rings is 2. The molecule has 7 nitrogen and oxygen atoms in total. The number of amides is 3. The number of hydrogen-bond acceptors (Lipinski definition) is 6. The van der Waals surface area contributed by atoms with Gasteiger partial charge in [0.05, 0.1) is 23.3 Å². The summed E-state index contributed by atoms with van der Waals surface area (Å²) in [5.74, 6) is -0.319. The SMILES string of the molecule is CC[C@@H](C)N1C(=O)/C(=C2/C(=O)N(CC(=O)Nc3ccc(OC)cc3)c3ccccc32)SC1=S. The Hall–Kier alpha value is -3.17. The molecule has 2 aliphatic rings. The van der Waals surface area contributed by atoms with Crippen LogP contribution < -0.4 is 15.0 Å². The molecule has 2 heterocycles. The van der Waals surface area contributed by atoms with Gasteiger partial charge < -0.3 is 10.1 Å². The van der Waals surface area contributed by atoms with E-state index in [4.69, 9.17) is 17.0 Å². The van der Waals surface area contributed by atoms with Crippen LogP contribution in [0.2, 0.25) is 0 Å². The van der Waals surface area contributed by atoms with Crippen LogP contribution >= 0.6 is 24.0 Å². The molecule has 0 spiro atoms. The third kappa shape index (κ3) is 4.26. The molecule has 0 aliphatic carbocycles. The molecule has 0 bridgehead atoms. The van der Waals surface area contributed by atoms with Gasteiger partial charge in [-0.2, -0.15) is 0 Å². The average molecular weight is 482 g/mol. The highest BCUT2D eigenvalue weighted by molar-refractivity contribution is 8.26. The lowest BCUT2D eigenvalue weighted by Gasteiger charge is -2.21. The predicted molar refractivity (Wildman–Crippen MR) is 134 cm³/mol. The van der Waals surface area contributed by atoms with Gasteiger partial charge in [0.15, 0.2) is 0 Å². The number of rotatable bonds is 6. The Morgan fingerprint density at radius 1 is 1.12 bits per heavy atom. The minimum atomic E-state index is -0.384. The van der Waals surface area contributed by atoms with Crippen molar-refractivity contribution in [2.75, 3.05) is 23.9 Å². The number of methoxy groups -OCH3 is 1. The van der Waals surface area contributed by atoms with E-state index >= 15 is 0 Å². The number of fused-ring (bicyclic) bond motifs is 1. The highest BCUT2D eigenvalue weighted by Crippen LogP contribution is 2.45. The fourth-order valence-electron chi connectivity index (χ4n) is 3.77. The van der Waals surface area contributed by atoms with Crippen molar-refractivity contribution < 1.29 is 19.1 Å². The Morgan fingerprint density at radius 3 is 2.48 bits per heavy atom. The van der Waals surface area contributed by atoms with Crippen LogP contribution in [0, 0.1) is 0 Å². The molecule has 3 amide bonds. The molecule has 170 valence electrons. The van der Waals surface area contributed by atoms with Crippen molar-refractivity contribution >= 4 is 63.0 Å². The summed E-state index contributed by atoms with van der Waals surface area (Å²) in [6.07, 6.45) is 0.747. The molecular formula is C24H23N3O4S2. The molecule has 2 aromatic rings. The molecule has 0 aromatic heterocycles. The van der Waals surface area contributed by atoms with E-state index < -0.39 is 0 Å². The number of thioether (sulfide) groups is 1. The van der Waals surface area contributed by atoms with Crippen LogP contribution in [0.15, 0.2) is 53.4 Å². The summed E-state index contributed by atoms with van der Waals surface area (Å²) in [4.78, 5) is 42.7. The second-order valence-corrected chi connectivity index (χ2v) is 9.33. The summed E-state index contributed by atoms with van der Waals surface area (Å²) in [6, 6.07) is 14.0. The van der Waals surface area contributed by atoms with Crippen LogP contribution in [0.5, 0.6) is 5.75 Å². The van der Waals surface area contributed by atoms with Crippen LogP contribution in [0.25, 0.3) is 5.57 Å². The second-order valence-electron chi connectivity index (χ2n) is 7.69. The van der Waals surface area contributed by atoms with Crippen molar-refractivity contribution in [3.8, 4) is 5.75 Å².